The minimum absolute atomic E-state index is 0.871. The molecule has 63 heavy (non-hydrogen) atoms. The van der Waals surface area contributed by atoms with Crippen LogP contribution in [0.3, 0.4) is 0 Å². The summed E-state index contributed by atoms with van der Waals surface area (Å²) in [5.74, 6) is 0. The number of nitrogens with zero attached hydrogens (tertiary/aromatic N) is 2. The van der Waals surface area contributed by atoms with E-state index in [9.17, 15) is 0 Å². The van der Waals surface area contributed by atoms with E-state index in [1.165, 1.54) is 59.8 Å². The van der Waals surface area contributed by atoms with Crippen LogP contribution < -0.4 is 4.90 Å². The van der Waals surface area contributed by atoms with Crippen molar-refractivity contribution in [1.82, 2.24) is 4.57 Å². The number of aromatic nitrogens is 1. The van der Waals surface area contributed by atoms with Crippen molar-refractivity contribution in [3.8, 4) is 27.9 Å². The topological polar surface area (TPSA) is 21.3 Å². The number of para-hydroxylation sites is 2. The first kappa shape index (κ1) is 35.4. The van der Waals surface area contributed by atoms with Gasteiger partial charge in [-0.2, -0.15) is 0 Å². The van der Waals surface area contributed by atoms with E-state index in [0.717, 1.165) is 61.3 Å². The largest absolute Gasteiger partial charge is 0.456 e. The van der Waals surface area contributed by atoms with E-state index in [1.54, 1.807) is 0 Å². The molecule has 0 fully saturated rings. The number of rotatable bonds is 6. The molecule has 0 saturated carbocycles. The molecule has 0 amide bonds. The van der Waals surface area contributed by atoms with Crippen LogP contribution in [0.25, 0.3) is 104 Å². The predicted molar refractivity (Wildman–Crippen MR) is 266 cm³/mol. The second kappa shape index (κ2) is 14.1. The lowest BCUT2D eigenvalue weighted by Crippen LogP contribution is -2.10. The SMILES string of the molecule is c1ccc(-c2c3c(cc4c2c2ccc(-c5cc6ccccc6c6ccccc56)cc2n4-c2ccc(N(c4ccccc4)c4cccc5ccccc45)cc2)oc2ccccc23)cc1. The fourth-order valence-electron chi connectivity index (χ4n) is 10.2. The molecule has 0 atom stereocenters. The van der Waals surface area contributed by atoms with Gasteiger partial charge >= 0.3 is 0 Å². The minimum Gasteiger partial charge on any atom is -0.456 e. The fraction of sp³-hybridized carbons (Fsp3) is 0. The molecule has 11 aromatic carbocycles. The van der Waals surface area contributed by atoms with E-state index in [0.29, 0.717) is 0 Å². The van der Waals surface area contributed by atoms with Crippen LogP contribution in [0.1, 0.15) is 0 Å². The third kappa shape index (κ3) is 5.53. The monoisotopic (exact) mass is 802 g/mol. The highest BCUT2D eigenvalue weighted by atomic mass is 16.3. The Bertz CT molecular complexity index is 3890. The maximum Gasteiger partial charge on any atom is 0.138 e. The van der Waals surface area contributed by atoms with Crippen molar-refractivity contribution < 1.29 is 4.42 Å². The number of anilines is 3. The highest BCUT2D eigenvalue weighted by molar-refractivity contribution is 6.27. The molecule has 0 unspecified atom stereocenters. The third-order valence-corrected chi connectivity index (χ3v) is 12.9. The van der Waals surface area contributed by atoms with Gasteiger partial charge in [-0.25, -0.2) is 0 Å². The van der Waals surface area contributed by atoms with Crippen molar-refractivity contribution in [2.45, 2.75) is 0 Å². The standard InChI is InChI=1S/C60H38N2O/c1-3-17-40(18-4-1)58-59-50-35-30-42(52-36-41-19-8-9-23-46(41)48-25-11-12-26-49(48)52)37-54(50)62(55(59)38-57-60(58)51-27-13-14-29-56(51)63-57)45-33-31-44(32-34-45)61(43-21-5-2-6-22-43)53-28-15-20-39-16-7-10-24-47(39)53/h1-38H. The highest BCUT2D eigenvalue weighted by Gasteiger charge is 2.24. The Morgan fingerprint density at radius 1 is 0.349 bits per heavy atom. The molecule has 294 valence electrons. The van der Waals surface area contributed by atoms with Crippen molar-refractivity contribution in [3.05, 3.63) is 231 Å². The van der Waals surface area contributed by atoms with Crippen LogP contribution in [0.4, 0.5) is 17.1 Å². The summed E-state index contributed by atoms with van der Waals surface area (Å²) in [6, 6.07) is 83.4. The van der Waals surface area contributed by atoms with E-state index in [2.05, 4.69) is 240 Å². The molecule has 0 bridgehead atoms. The summed E-state index contributed by atoms with van der Waals surface area (Å²) in [4.78, 5) is 2.37. The molecule has 0 aliphatic carbocycles. The van der Waals surface area contributed by atoms with Crippen molar-refractivity contribution in [1.29, 1.82) is 0 Å². The molecule has 13 aromatic rings. The number of hydrogen-bond acceptors (Lipinski definition) is 2. The fourth-order valence-corrected chi connectivity index (χ4v) is 10.2. The zero-order chi connectivity index (χ0) is 41.4. The van der Waals surface area contributed by atoms with Crippen LogP contribution in [0.5, 0.6) is 0 Å². The maximum absolute atomic E-state index is 6.76. The second-order valence-corrected chi connectivity index (χ2v) is 16.4. The van der Waals surface area contributed by atoms with Gasteiger partial charge in [0.05, 0.1) is 16.7 Å². The van der Waals surface area contributed by atoms with Crippen LogP contribution in [0, 0.1) is 0 Å². The first-order chi connectivity index (χ1) is 31.3. The summed E-state index contributed by atoms with van der Waals surface area (Å²) in [7, 11) is 0. The van der Waals surface area contributed by atoms with Crippen LogP contribution in [0.15, 0.2) is 235 Å². The molecular weight excluding hydrogens is 765 g/mol. The number of hydrogen-bond donors (Lipinski definition) is 0. The average Bonchev–Trinajstić information content (AvgIpc) is 3.89. The van der Waals surface area contributed by atoms with E-state index in [-0.39, 0.29) is 0 Å². The molecule has 0 spiro atoms. The normalized spacial score (nSPS) is 11.8. The van der Waals surface area contributed by atoms with Gasteiger partial charge in [0.2, 0.25) is 0 Å². The summed E-state index contributed by atoms with van der Waals surface area (Å²) in [5, 5.41) is 12.1. The quantitative estimate of drug-likeness (QED) is 0.156. The van der Waals surface area contributed by atoms with Gasteiger partial charge in [-0.15, -0.1) is 0 Å². The van der Waals surface area contributed by atoms with Crippen molar-refractivity contribution >= 4 is 93.1 Å². The minimum atomic E-state index is 0.871. The van der Waals surface area contributed by atoms with Crippen LogP contribution in [-0.2, 0) is 0 Å². The molecule has 0 aliphatic rings. The first-order valence-corrected chi connectivity index (χ1v) is 21.6. The molecule has 0 saturated heterocycles. The highest BCUT2D eigenvalue weighted by Crippen LogP contribution is 2.48. The third-order valence-electron chi connectivity index (χ3n) is 12.9. The summed E-state index contributed by atoms with van der Waals surface area (Å²) in [5.41, 5.74) is 13.1. The Morgan fingerprint density at radius 2 is 0.984 bits per heavy atom. The summed E-state index contributed by atoms with van der Waals surface area (Å²) in [6.07, 6.45) is 0. The van der Waals surface area contributed by atoms with Gasteiger partial charge < -0.3 is 13.9 Å². The Hall–Kier alpha value is -8.40. The van der Waals surface area contributed by atoms with E-state index in [4.69, 9.17) is 4.42 Å². The molecular formula is C60H38N2O. The molecule has 2 aromatic heterocycles. The number of benzene rings is 11. The lowest BCUT2D eigenvalue weighted by atomic mass is 9.92. The molecule has 2 heterocycles. The Morgan fingerprint density at radius 3 is 1.79 bits per heavy atom. The van der Waals surface area contributed by atoms with Gasteiger partial charge in [0.15, 0.2) is 0 Å². The zero-order valence-corrected chi connectivity index (χ0v) is 34.2. The lowest BCUT2D eigenvalue weighted by Gasteiger charge is -2.27. The molecule has 0 radical (unpaired) electrons. The van der Waals surface area contributed by atoms with Crippen molar-refractivity contribution in [2.75, 3.05) is 4.90 Å². The van der Waals surface area contributed by atoms with Gasteiger partial charge in [-0.3, -0.25) is 0 Å². The van der Waals surface area contributed by atoms with Gasteiger partial charge in [0.1, 0.15) is 11.2 Å². The van der Waals surface area contributed by atoms with Crippen LogP contribution >= 0.6 is 0 Å². The van der Waals surface area contributed by atoms with E-state index in [1.807, 2.05) is 0 Å². The molecule has 3 heteroatoms. The zero-order valence-electron chi connectivity index (χ0n) is 34.2. The molecule has 0 N–H and O–H groups in total. The maximum atomic E-state index is 6.76. The Balaban J connectivity index is 1.10. The van der Waals surface area contributed by atoms with Gasteiger partial charge in [-0.05, 0) is 104 Å². The van der Waals surface area contributed by atoms with Gasteiger partial charge in [0, 0.05) is 55.6 Å². The molecule has 13 rings (SSSR count). The lowest BCUT2D eigenvalue weighted by molar-refractivity contribution is 0.669. The van der Waals surface area contributed by atoms with Crippen LogP contribution in [0.2, 0.25) is 0 Å². The van der Waals surface area contributed by atoms with Gasteiger partial charge in [0.25, 0.3) is 0 Å². The van der Waals surface area contributed by atoms with E-state index < -0.39 is 0 Å². The predicted octanol–water partition coefficient (Wildman–Crippen LogP) is 16.9. The Labute approximate surface area is 363 Å². The summed E-state index contributed by atoms with van der Waals surface area (Å²) < 4.78 is 9.20. The van der Waals surface area contributed by atoms with E-state index >= 15 is 0 Å². The summed E-state index contributed by atoms with van der Waals surface area (Å²) in [6.45, 7) is 0. The summed E-state index contributed by atoms with van der Waals surface area (Å²) >= 11 is 0. The number of furan rings is 1. The van der Waals surface area contributed by atoms with Gasteiger partial charge in [-0.1, -0.05) is 164 Å². The number of fused-ring (bicyclic) bond motifs is 10. The van der Waals surface area contributed by atoms with Crippen LogP contribution in [-0.4, -0.2) is 4.57 Å². The van der Waals surface area contributed by atoms with Crippen molar-refractivity contribution in [2.24, 2.45) is 0 Å². The molecule has 0 aliphatic heterocycles. The smallest absolute Gasteiger partial charge is 0.138 e. The second-order valence-electron chi connectivity index (χ2n) is 16.4. The molecule has 3 nitrogen and oxygen atoms in total. The first-order valence-electron chi connectivity index (χ1n) is 21.6. The Kier molecular flexibility index (Phi) is 7.91. The van der Waals surface area contributed by atoms with Crippen molar-refractivity contribution in [3.63, 3.8) is 0 Å². The average molecular weight is 803 g/mol.